The van der Waals surface area contributed by atoms with Crippen LogP contribution in [0.1, 0.15) is 52.7 Å². The molecule has 1 N–H and O–H groups in total. The van der Waals surface area contributed by atoms with Gasteiger partial charge in [-0.2, -0.15) is 0 Å². The van der Waals surface area contributed by atoms with Gasteiger partial charge in [-0.1, -0.05) is 65.8 Å². The van der Waals surface area contributed by atoms with Gasteiger partial charge in [0.15, 0.2) is 0 Å². The van der Waals surface area contributed by atoms with Crippen LogP contribution in [-0.4, -0.2) is 30.6 Å². The molecule has 1 aromatic rings. The standard InChI is InChI=1S/C19H32N2/c1-18(2,3)16-9-7-15(8-10-16)14-21-12-11-20-13-17(21)19(4,5)6/h7-10,17,20H,11-14H2,1-6H3. The van der Waals surface area contributed by atoms with Gasteiger partial charge >= 0.3 is 0 Å². The third-order valence-electron chi connectivity index (χ3n) is 4.56. The van der Waals surface area contributed by atoms with E-state index in [1.807, 2.05) is 0 Å². The van der Waals surface area contributed by atoms with E-state index in [4.69, 9.17) is 0 Å². The molecule has 0 radical (unpaired) electrons. The van der Waals surface area contributed by atoms with Crippen LogP contribution in [0.2, 0.25) is 0 Å². The summed E-state index contributed by atoms with van der Waals surface area (Å²) in [5.74, 6) is 0. The Labute approximate surface area is 130 Å². The van der Waals surface area contributed by atoms with E-state index in [0.717, 1.165) is 26.2 Å². The minimum absolute atomic E-state index is 0.238. The monoisotopic (exact) mass is 288 g/mol. The minimum Gasteiger partial charge on any atom is -0.314 e. The highest BCUT2D eigenvalue weighted by Crippen LogP contribution is 2.27. The van der Waals surface area contributed by atoms with Crippen LogP contribution in [0.3, 0.4) is 0 Å². The Hall–Kier alpha value is -0.860. The fourth-order valence-corrected chi connectivity index (χ4v) is 3.13. The Morgan fingerprint density at radius 1 is 1.05 bits per heavy atom. The molecule has 0 bridgehead atoms. The molecule has 1 aliphatic heterocycles. The fourth-order valence-electron chi connectivity index (χ4n) is 3.13. The molecule has 1 heterocycles. The number of hydrogen-bond acceptors (Lipinski definition) is 2. The first-order valence-electron chi connectivity index (χ1n) is 8.22. The van der Waals surface area contributed by atoms with Gasteiger partial charge < -0.3 is 5.32 Å². The van der Waals surface area contributed by atoms with Crippen LogP contribution in [0.4, 0.5) is 0 Å². The van der Waals surface area contributed by atoms with Crippen molar-refractivity contribution in [3.8, 4) is 0 Å². The molecule has 1 aliphatic rings. The van der Waals surface area contributed by atoms with Crippen molar-refractivity contribution in [1.82, 2.24) is 10.2 Å². The third kappa shape index (κ3) is 4.31. The maximum Gasteiger partial charge on any atom is 0.0273 e. The van der Waals surface area contributed by atoms with E-state index >= 15 is 0 Å². The normalized spacial score (nSPS) is 21.5. The zero-order chi connectivity index (χ0) is 15.7. The van der Waals surface area contributed by atoms with Gasteiger partial charge in [-0.3, -0.25) is 4.90 Å². The number of rotatable bonds is 2. The summed E-state index contributed by atoms with van der Waals surface area (Å²) in [5.41, 5.74) is 3.40. The van der Waals surface area contributed by atoms with Gasteiger partial charge in [0.25, 0.3) is 0 Å². The van der Waals surface area contributed by atoms with Crippen LogP contribution in [0.15, 0.2) is 24.3 Å². The number of nitrogens with zero attached hydrogens (tertiary/aromatic N) is 1. The highest BCUT2D eigenvalue weighted by atomic mass is 15.2. The molecular formula is C19H32N2. The van der Waals surface area contributed by atoms with E-state index in [2.05, 4.69) is 76.0 Å². The molecule has 118 valence electrons. The Kier molecular flexibility index (Phi) is 4.79. The Morgan fingerprint density at radius 2 is 1.67 bits per heavy atom. The van der Waals surface area contributed by atoms with Gasteiger partial charge in [0.1, 0.15) is 0 Å². The molecule has 1 unspecified atom stereocenters. The summed E-state index contributed by atoms with van der Waals surface area (Å²) < 4.78 is 0. The van der Waals surface area contributed by atoms with Gasteiger partial charge in [0.05, 0.1) is 0 Å². The topological polar surface area (TPSA) is 15.3 Å². The molecule has 1 aromatic carbocycles. The summed E-state index contributed by atoms with van der Waals surface area (Å²) in [5, 5.41) is 3.54. The van der Waals surface area contributed by atoms with E-state index < -0.39 is 0 Å². The summed E-state index contributed by atoms with van der Waals surface area (Å²) in [4.78, 5) is 2.64. The number of nitrogens with one attached hydrogen (secondary N) is 1. The van der Waals surface area contributed by atoms with Gasteiger partial charge in [-0.15, -0.1) is 0 Å². The molecule has 21 heavy (non-hydrogen) atoms. The SMILES string of the molecule is CC(C)(C)c1ccc(CN2CCNCC2C(C)(C)C)cc1. The molecular weight excluding hydrogens is 256 g/mol. The Balaban J connectivity index is 2.09. The quantitative estimate of drug-likeness (QED) is 0.890. The second-order valence-corrected chi connectivity index (χ2v) is 8.50. The molecule has 0 aliphatic carbocycles. The van der Waals surface area contributed by atoms with Crippen molar-refractivity contribution in [3.63, 3.8) is 0 Å². The van der Waals surface area contributed by atoms with Crippen molar-refractivity contribution in [3.05, 3.63) is 35.4 Å². The smallest absolute Gasteiger partial charge is 0.0273 e. The van der Waals surface area contributed by atoms with E-state index in [9.17, 15) is 0 Å². The summed E-state index contributed by atoms with van der Waals surface area (Å²) in [7, 11) is 0. The van der Waals surface area contributed by atoms with Crippen molar-refractivity contribution in [2.75, 3.05) is 19.6 Å². The zero-order valence-electron chi connectivity index (χ0n) is 14.7. The first-order chi connectivity index (χ1) is 9.68. The van der Waals surface area contributed by atoms with Crippen LogP contribution < -0.4 is 5.32 Å². The molecule has 2 nitrogen and oxygen atoms in total. The van der Waals surface area contributed by atoms with E-state index in [-0.39, 0.29) is 5.41 Å². The molecule has 0 spiro atoms. The molecule has 2 rings (SSSR count). The second-order valence-electron chi connectivity index (χ2n) is 8.50. The summed E-state index contributed by atoms with van der Waals surface area (Å²) in [6.07, 6.45) is 0. The Bertz CT molecular complexity index is 448. The Morgan fingerprint density at radius 3 is 2.19 bits per heavy atom. The summed E-state index contributed by atoms with van der Waals surface area (Å²) >= 11 is 0. The van der Waals surface area contributed by atoms with Crippen molar-refractivity contribution in [2.24, 2.45) is 5.41 Å². The van der Waals surface area contributed by atoms with Gasteiger partial charge in [0, 0.05) is 32.2 Å². The molecule has 1 saturated heterocycles. The van der Waals surface area contributed by atoms with Crippen LogP contribution in [0.25, 0.3) is 0 Å². The fraction of sp³-hybridized carbons (Fsp3) is 0.684. The molecule has 0 amide bonds. The van der Waals surface area contributed by atoms with Crippen molar-refractivity contribution in [1.29, 1.82) is 0 Å². The zero-order valence-corrected chi connectivity index (χ0v) is 14.7. The third-order valence-corrected chi connectivity index (χ3v) is 4.56. The lowest BCUT2D eigenvalue weighted by Crippen LogP contribution is -2.56. The summed E-state index contributed by atoms with van der Waals surface area (Å²) in [6, 6.07) is 9.81. The van der Waals surface area contributed by atoms with Gasteiger partial charge in [-0.25, -0.2) is 0 Å². The second kappa shape index (κ2) is 6.10. The van der Waals surface area contributed by atoms with E-state index in [0.29, 0.717) is 11.5 Å². The van der Waals surface area contributed by atoms with E-state index in [1.54, 1.807) is 0 Å². The lowest BCUT2D eigenvalue weighted by molar-refractivity contribution is 0.0689. The molecule has 1 atom stereocenters. The summed E-state index contributed by atoms with van der Waals surface area (Å²) in [6.45, 7) is 18.3. The van der Waals surface area contributed by atoms with Crippen molar-refractivity contribution < 1.29 is 0 Å². The molecule has 2 heteroatoms. The first kappa shape index (κ1) is 16.5. The average Bonchev–Trinajstić information content (AvgIpc) is 2.37. The predicted octanol–water partition coefficient (Wildman–Crippen LogP) is 3.80. The van der Waals surface area contributed by atoms with Gasteiger partial charge in [0.2, 0.25) is 0 Å². The maximum absolute atomic E-state index is 3.54. The van der Waals surface area contributed by atoms with Crippen LogP contribution in [-0.2, 0) is 12.0 Å². The average molecular weight is 288 g/mol. The first-order valence-corrected chi connectivity index (χ1v) is 8.22. The highest BCUT2D eigenvalue weighted by molar-refractivity contribution is 5.27. The van der Waals surface area contributed by atoms with Crippen molar-refractivity contribution >= 4 is 0 Å². The van der Waals surface area contributed by atoms with Crippen LogP contribution >= 0.6 is 0 Å². The molecule has 0 saturated carbocycles. The van der Waals surface area contributed by atoms with Gasteiger partial charge in [-0.05, 0) is 22.0 Å². The molecule has 0 aromatic heterocycles. The molecule has 1 fully saturated rings. The minimum atomic E-state index is 0.238. The predicted molar refractivity (Wildman–Crippen MR) is 91.7 cm³/mol. The number of hydrogen-bond donors (Lipinski definition) is 1. The van der Waals surface area contributed by atoms with Crippen LogP contribution in [0, 0.1) is 5.41 Å². The lowest BCUT2D eigenvalue weighted by Gasteiger charge is -2.43. The maximum atomic E-state index is 3.54. The van der Waals surface area contributed by atoms with Crippen molar-refractivity contribution in [2.45, 2.75) is 59.5 Å². The number of piperazine rings is 1. The lowest BCUT2D eigenvalue weighted by atomic mass is 9.84. The van der Waals surface area contributed by atoms with E-state index in [1.165, 1.54) is 11.1 Å². The number of benzene rings is 1. The van der Waals surface area contributed by atoms with Crippen LogP contribution in [0.5, 0.6) is 0 Å². The largest absolute Gasteiger partial charge is 0.314 e. The highest BCUT2D eigenvalue weighted by Gasteiger charge is 2.32.